The van der Waals surface area contributed by atoms with E-state index in [0.717, 1.165) is 19.3 Å². The Morgan fingerprint density at radius 1 is 1.06 bits per heavy atom. The van der Waals surface area contributed by atoms with Crippen molar-refractivity contribution in [3.63, 3.8) is 0 Å². The molecule has 36 heavy (non-hydrogen) atoms. The summed E-state index contributed by atoms with van der Waals surface area (Å²) in [5, 5.41) is 0. The minimum absolute atomic E-state index is 0.0964. The number of esters is 3. The number of fused-ring (bicyclic) bond motifs is 5. The number of carbonyl (C=O) groups excluding carboxylic acids is 4. The molecule has 3 fully saturated rings. The number of hydrogen-bond donors (Lipinski definition) is 0. The van der Waals surface area contributed by atoms with Crippen LogP contribution in [0.5, 0.6) is 0 Å². The number of ketones is 1. The molecule has 3 saturated carbocycles. The molecule has 4 rings (SSSR count). The minimum atomic E-state index is -0.293. The molecule has 4 aliphatic carbocycles. The summed E-state index contributed by atoms with van der Waals surface area (Å²) in [5.74, 6) is 0.429. The van der Waals surface area contributed by atoms with Crippen molar-refractivity contribution in [3.05, 3.63) is 12.2 Å². The molecule has 7 nitrogen and oxygen atoms in total. The van der Waals surface area contributed by atoms with Crippen molar-refractivity contribution in [1.82, 2.24) is 0 Å². The molecule has 0 aromatic rings. The van der Waals surface area contributed by atoms with E-state index < -0.39 is 0 Å². The lowest BCUT2D eigenvalue weighted by molar-refractivity contribution is -0.209. The summed E-state index contributed by atoms with van der Waals surface area (Å²) in [6.07, 6.45) is 8.14. The maximum atomic E-state index is 12.3. The largest absolute Gasteiger partial charge is 0.469 e. The van der Waals surface area contributed by atoms with E-state index in [4.69, 9.17) is 14.2 Å². The van der Waals surface area contributed by atoms with Gasteiger partial charge >= 0.3 is 17.9 Å². The highest BCUT2D eigenvalue weighted by Gasteiger charge is 2.67. The Balaban J connectivity index is 1.74. The van der Waals surface area contributed by atoms with E-state index in [9.17, 15) is 19.2 Å². The van der Waals surface area contributed by atoms with Gasteiger partial charge in [0.25, 0.3) is 0 Å². The number of ether oxygens (including phenoxy) is 3. The van der Waals surface area contributed by atoms with E-state index in [-0.39, 0.29) is 82.2 Å². The number of allylic oxidation sites excluding steroid dienone is 2. The van der Waals surface area contributed by atoms with Crippen LogP contribution in [0.1, 0.15) is 79.6 Å². The topological polar surface area (TPSA) is 96.0 Å². The van der Waals surface area contributed by atoms with Crippen LogP contribution in [0.2, 0.25) is 0 Å². The van der Waals surface area contributed by atoms with Crippen molar-refractivity contribution in [2.24, 2.45) is 46.3 Å². The Bertz CT molecular complexity index is 940. The smallest absolute Gasteiger partial charge is 0.305 e. The van der Waals surface area contributed by atoms with Crippen molar-refractivity contribution in [2.75, 3.05) is 7.11 Å². The van der Waals surface area contributed by atoms with E-state index >= 15 is 0 Å². The third-order valence-electron chi connectivity index (χ3n) is 10.5. The van der Waals surface area contributed by atoms with Crippen molar-refractivity contribution >= 4 is 23.7 Å². The second-order valence-electron chi connectivity index (χ2n) is 12.2. The SMILES string of the molecule is COC(=O)CC[C@@H](C)[C@H]1CC[C@H]2[C@@H]3[C@H](OC(C)=O)C[C@@H]4CC(=O)C=C[C@]4(C)[C@H]3C[C@H](OC(C)=O)[C@]12C. The first-order chi connectivity index (χ1) is 16.9. The molecule has 0 aromatic heterocycles. The first kappa shape index (κ1) is 26.9. The molecule has 0 heterocycles. The molecule has 0 bridgehead atoms. The molecule has 0 saturated heterocycles. The van der Waals surface area contributed by atoms with Gasteiger partial charge in [-0.15, -0.1) is 0 Å². The Hall–Kier alpha value is -2.18. The average Bonchev–Trinajstić information content (AvgIpc) is 3.16. The molecule has 10 atom stereocenters. The van der Waals surface area contributed by atoms with Crippen LogP contribution >= 0.6 is 0 Å². The van der Waals surface area contributed by atoms with Gasteiger partial charge in [0, 0.05) is 38.0 Å². The van der Waals surface area contributed by atoms with Crippen LogP contribution in [0.4, 0.5) is 0 Å². The molecule has 0 unspecified atom stereocenters. The Labute approximate surface area is 214 Å². The van der Waals surface area contributed by atoms with Gasteiger partial charge in [-0.3, -0.25) is 19.2 Å². The minimum Gasteiger partial charge on any atom is -0.469 e. The number of carbonyl (C=O) groups is 4. The summed E-state index contributed by atoms with van der Waals surface area (Å²) in [6.45, 7) is 9.62. The van der Waals surface area contributed by atoms with Crippen molar-refractivity contribution in [3.8, 4) is 0 Å². The lowest BCUT2D eigenvalue weighted by Crippen LogP contribution is -2.62. The number of rotatable bonds is 6. The lowest BCUT2D eigenvalue weighted by atomic mass is 9.44. The van der Waals surface area contributed by atoms with Gasteiger partial charge in [0.15, 0.2) is 5.78 Å². The third kappa shape index (κ3) is 4.51. The second kappa shape index (κ2) is 9.94. The number of methoxy groups -OCH3 is 1. The fraction of sp³-hybridized carbons (Fsp3) is 0.793. The molecule has 0 aromatic carbocycles. The van der Waals surface area contributed by atoms with Crippen LogP contribution in [-0.2, 0) is 33.4 Å². The highest BCUT2D eigenvalue weighted by molar-refractivity contribution is 5.91. The highest BCUT2D eigenvalue weighted by atomic mass is 16.5. The fourth-order valence-electron chi connectivity index (χ4n) is 8.85. The summed E-state index contributed by atoms with van der Waals surface area (Å²) < 4.78 is 17.0. The Kier molecular flexibility index (Phi) is 7.42. The van der Waals surface area contributed by atoms with Gasteiger partial charge in [-0.25, -0.2) is 0 Å². The van der Waals surface area contributed by atoms with Crippen molar-refractivity contribution in [2.45, 2.75) is 91.8 Å². The van der Waals surface area contributed by atoms with E-state index in [0.29, 0.717) is 25.7 Å². The zero-order valence-electron chi connectivity index (χ0n) is 22.6. The molecule has 0 radical (unpaired) electrons. The first-order valence-electron chi connectivity index (χ1n) is 13.5. The maximum Gasteiger partial charge on any atom is 0.305 e. The zero-order valence-corrected chi connectivity index (χ0v) is 22.6. The predicted molar refractivity (Wildman–Crippen MR) is 132 cm³/mol. The van der Waals surface area contributed by atoms with Crippen LogP contribution in [0, 0.1) is 46.3 Å². The van der Waals surface area contributed by atoms with E-state index in [1.807, 2.05) is 0 Å². The first-order valence-corrected chi connectivity index (χ1v) is 13.5. The molecule has 4 aliphatic rings. The van der Waals surface area contributed by atoms with E-state index in [2.05, 4.69) is 26.8 Å². The predicted octanol–water partition coefficient (Wildman–Crippen LogP) is 4.66. The van der Waals surface area contributed by atoms with Crippen LogP contribution in [0.15, 0.2) is 12.2 Å². The fourth-order valence-corrected chi connectivity index (χ4v) is 8.85. The monoisotopic (exact) mass is 502 g/mol. The van der Waals surface area contributed by atoms with Gasteiger partial charge in [0.05, 0.1) is 7.11 Å². The normalized spacial score (nSPS) is 41.9. The van der Waals surface area contributed by atoms with Gasteiger partial charge < -0.3 is 14.2 Å². The van der Waals surface area contributed by atoms with Gasteiger partial charge in [-0.05, 0) is 73.2 Å². The average molecular weight is 503 g/mol. The molecular formula is C29H42O7. The quantitative estimate of drug-likeness (QED) is 0.385. The standard InChI is InChI=1S/C29H42O7/c1-16(7-10-26(33)34-6)21-8-9-22-27-23(15-25(29(21,22)5)36-18(3)31)28(4)12-11-20(32)13-19(28)14-24(27)35-17(2)30/h11-12,16,19,21-25,27H,7-10,13-15H2,1-6H3/t16-,19+,21-,22+,23+,24-,25+,27+,28+,29-/m1/s1. The Morgan fingerprint density at radius 2 is 1.75 bits per heavy atom. The van der Waals surface area contributed by atoms with E-state index in [1.54, 1.807) is 6.08 Å². The van der Waals surface area contributed by atoms with Crippen LogP contribution < -0.4 is 0 Å². The van der Waals surface area contributed by atoms with Crippen molar-refractivity contribution in [1.29, 1.82) is 0 Å². The molecule has 200 valence electrons. The van der Waals surface area contributed by atoms with Gasteiger partial charge in [-0.1, -0.05) is 26.8 Å². The molecule has 0 aliphatic heterocycles. The second-order valence-corrected chi connectivity index (χ2v) is 12.2. The summed E-state index contributed by atoms with van der Waals surface area (Å²) in [4.78, 5) is 48.7. The van der Waals surface area contributed by atoms with Crippen LogP contribution in [0.3, 0.4) is 0 Å². The molecule has 0 spiro atoms. The molecule has 0 amide bonds. The van der Waals surface area contributed by atoms with Crippen LogP contribution in [0.25, 0.3) is 0 Å². The third-order valence-corrected chi connectivity index (χ3v) is 10.5. The zero-order chi connectivity index (χ0) is 26.4. The van der Waals surface area contributed by atoms with Gasteiger partial charge in [-0.2, -0.15) is 0 Å². The van der Waals surface area contributed by atoms with Crippen molar-refractivity contribution < 1.29 is 33.4 Å². The van der Waals surface area contributed by atoms with Crippen LogP contribution in [-0.4, -0.2) is 43.0 Å². The number of hydrogen-bond acceptors (Lipinski definition) is 7. The van der Waals surface area contributed by atoms with Gasteiger partial charge in [0.2, 0.25) is 0 Å². The maximum absolute atomic E-state index is 12.3. The lowest BCUT2D eigenvalue weighted by Gasteiger charge is -2.62. The van der Waals surface area contributed by atoms with Gasteiger partial charge in [0.1, 0.15) is 12.2 Å². The Morgan fingerprint density at radius 3 is 2.39 bits per heavy atom. The summed E-state index contributed by atoms with van der Waals surface area (Å²) in [5.41, 5.74) is -0.512. The van der Waals surface area contributed by atoms with E-state index in [1.165, 1.54) is 21.0 Å². The molecular weight excluding hydrogens is 460 g/mol. The molecule has 0 N–H and O–H groups in total. The summed E-state index contributed by atoms with van der Waals surface area (Å²) in [6, 6.07) is 0. The summed E-state index contributed by atoms with van der Waals surface area (Å²) >= 11 is 0. The molecule has 7 heteroatoms. The summed E-state index contributed by atoms with van der Waals surface area (Å²) in [7, 11) is 1.41. The highest BCUT2D eigenvalue weighted by Crippen LogP contribution is 2.68.